The van der Waals surface area contributed by atoms with E-state index < -0.39 is 0 Å². The smallest absolute Gasteiger partial charge is 0.106 e. The SMILES string of the molecule is CO/N=C/c1ccsc1. The maximum absolute atomic E-state index is 4.49. The summed E-state index contributed by atoms with van der Waals surface area (Å²) < 4.78 is 0. The van der Waals surface area contributed by atoms with Crippen molar-refractivity contribution in [2.24, 2.45) is 5.16 Å². The number of hydrogen-bond donors (Lipinski definition) is 0. The number of thiophene rings is 1. The first-order chi connectivity index (χ1) is 4.43. The van der Waals surface area contributed by atoms with Gasteiger partial charge in [-0.3, -0.25) is 0 Å². The first kappa shape index (κ1) is 6.29. The molecular weight excluding hydrogens is 134 g/mol. The highest BCUT2D eigenvalue weighted by molar-refractivity contribution is 7.08. The molecule has 0 saturated heterocycles. The van der Waals surface area contributed by atoms with Gasteiger partial charge in [-0.2, -0.15) is 11.3 Å². The van der Waals surface area contributed by atoms with Gasteiger partial charge in [0, 0.05) is 5.56 Å². The molecule has 0 atom stereocenters. The molecule has 0 aliphatic heterocycles. The van der Waals surface area contributed by atoms with Gasteiger partial charge < -0.3 is 4.84 Å². The lowest BCUT2D eigenvalue weighted by atomic mass is 10.4. The monoisotopic (exact) mass is 141 g/mol. The van der Waals surface area contributed by atoms with E-state index in [0.717, 1.165) is 5.56 Å². The van der Waals surface area contributed by atoms with Crippen LogP contribution in [0.3, 0.4) is 0 Å². The fourth-order valence-corrected chi connectivity index (χ4v) is 1.07. The van der Waals surface area contributed by atoms with Gasteiger partial charge in [-0.05, 0) is 16.8 Å². The van der Waals surface area contributed by atoms with Crippen LogP contribution in [0.4, 0.5) is 0 Å². The standard InChI is InChI=1S/C6H7NOS/c1-8-7-4-6-2-3-9-5-6/h2-5H,1H3/b7-4+. The zero-order chi connectivity index (χ0) is 6.53. The van der Waals surface area contributed by atoms with Crippen molar-refractivity contribution < 1.29 is 4.84 Å². The molecule has 1 aromatic rings. The largest absolute Gasteiger partial charge is 0.399 e. The third-order valence-corrected chi connectivity index (χ3v) is 1.55. The molecule has 0 spiro atoms. The van der Waals surface area contributed by atoms with Crippen LogP contribution in [0.2, 0.25) is 0 Å². The average Bonchev–Trinajstić information content (AvgIpc) is 2.34. The van der Waals surface area contributed by atoms with Gasteiger partial charge in [-0.15, -0.1) is 0 Å². The van der Waals surface area contributed by atoms with Crippen molar-refractivity contribution in [1.29, 1.82) is 0 Å². The summed E-state index contributed by atoms with van der Waals surface area (Å²) in [5, 5.41) is 7.60. The molecule has 0 fully saturated rings. The van der Waals surface area contributed by atoms with Crippen molar-refractivity contribution >= 4 is 17.6 Å². The van der Waals surface area contributed by atoms with Gasteiger partial charge >= 0.3 is 0 Å². The van der Waals surface area contributed by atoms with E-state index in [1.165, 1.54) is 7.11 Å². The van der Waals surface area contributed by atoms with Crippen LogP contribution in [0.5, 0.6) is 0 Å². The van der Waals surface area contributed by atoms with Crippen molar-refractivity contribution in [3.63, 3.8) is 0 Å². The summed E-state index contributed by atoms with van der Waals surface area (Å²) in [7, 11) is 1.53. The molecule has 0 amide bonds. The van der Waals surface area contributed by atoms with Crippen LogP contribution in [-0.2, 0) is 4.84 Å². The Morgan fingerprint density at radius 1 is 1.78 bits per heavy atom. The van der Waals surface area contributed by atoms with Crippen LogP contribution < -0.4 is 0 Å². The Kier molecular flexibility index (Phi) is 2.27. The summed E-state index contributed by atoms with van der Waals surface area (Å²) in [5.74, 6) is 0. The molecule has 0 bridgehead atoms. The second kappa shape index (κ2) is 3.25. The second-order valence-electron chi connectivity index (χ2n) is 1.47. The first-order valence-electron chi connectivity index (χ1n) is 2.52. The quantitative estimate of drug-likeness (QED) is 0.454. The molecule has 1 heterocycles. The zero-order valence-corrected chi connectivity index (χ0v) is 5.89. The van der Waals surface area contributed by atoms with Crippen LogP contribution in [0, 0.1) is 0 Å². The van der Waals surface area contributed by atoms with Gasteiger partial charge in [0.2, 0.25) is 0 Å². The molecule has 1 aromatic heterocycles. The van der Waals surface area contributed by atoms with Crippen molar-refractivity contribution in [1.82, 2.24) is 0 Å². The minimum atomic E-state index is 1.09. The maximum Gasteiger partial charge on any atom is 0.106 e. The molecular formula is C6H7NOS. The third-order valence-electron chi connectivity index (χ3n) is 0.850. The Morgan fingerprint density at radius 2 is 2.67 bits per heavy atom. The summed E-state index contributed by atoms with van der Waals surface area (Å²) >= 11 is 1.64. The molecule has 0 aromatic carbocycles. The molecule has 2 nitrogen and oxygen atoms in total. The number of nitrogens with zero attached hydrogens (tertiary/aromatic N) is 1. The van der Waals surface area contributed by atoms with E-state index in [2.05, 4.69) is 9.99 Å². The molecule has 0 aliphatic rings. The van der Waals surface area contributed by atoms with Crippen molar-refractivity contribution in [3.8, 4) is 0 Å². The molecule has 48 valence electrons. The molecule has 9 heavy (non-hydrogen) atoms. The molecule has 1 rings (SSSR count). The van der Waals surface area contributed by atoms with Gasteiger partial charge in [-0.1, -0.05) is 5.16 Å². The lowest BCUT2D eigenvalue weighted by molar-refractivity contribution is 0.215. The van der Waals surface area contributed by atoms with Crippen molar-refractivity contribution in [2.75, 3.05) is 7.11 Å². The molecule has 0 unspecified atom stereocenters. The van der Waals surface area contributed by atoms with E-state index in [0.29, 0.717) is 0 Å². The van der Waals surface area contributed by atoms with E-state index in [9.17, 15) is 0 Å². The first-order valence-corrected chi connectivity index (χ1v) is 3.46. The van der Waals surface area contributed by atoms with Crippen LogP contribution >= 0.6 is 11.3 Å². The summed E-state index contributed by atoms with van der Waals surface area (Å²) in [6.45, 7) is 0. The minimum Gasteiger partial charge on any atom is -0.399 e. The summed E-state index contributed by atoms with van der Waals surface area (Å²) in [6.07, 6.45) is 1.68. The lowest BCUT2D eigenvalue weighted by Crippen LogP contribution is -1.74. The summed E-state index contributed by atoms with van der Waals surface area (Å²) in [4.78, 5) is 4.49. The van der Waals surface area contributed by atoms with Crippen LogP contribution in [-0.4, -0.2) is 13.3 Å². The van der Waals surface area contributed by atoms with Gasteiger partial charge in [0.15, 0.2) is 0 Å². The Hall–Kier alpha value is -0.830. The average molecular weight is 141 g/mol. The predicted octanol–water partition coefficient (Wildman–Crippen LogP) is 1.73. The van der Waals surface area contributed by atoms with E-state index in [1.54, 1.807) is 17.6 Å². The molecule has 0 saturated carbocycles. The number of rotatable bonds is 2. The Bertz CT molecular complexity index is 181. The topological polar surface area (TPSA) is 21.6 Å². The van der Waals surface area contributed by atoms with Crippen molar-refractivity contribution in [3.05, 3.63) is 22.4 Å². The van der Waals surface area contributed by atoms with Crippen LogP contribution in [0.15, 0.2) is 22.0 Å². The Labute approximate surface area is 57.8 Å². The Balaban J connectivity index is 2.57. The predicted molar refractivity (Wildman–Crippen MR) is 38.9 cm³/mol. The molecule has 3 heteroatoms. The fourth-order valence-electron chi connectivity index (χ4n) is 0.462. The second-order valence-corrected chi connectivity index (χ2v) is 2.25. The van der Waals surface area contributed by atoms with E-state index in [1.807, 2.05) is 16.8 Å². The van der Waals surface area contributed by atoms with Crippen LogP contribution in [0.25, 0.3) is 0 Å². The third kappa shape index (κ3) is 1.85. The number of hydrogen-bond acceptors (Lipinski definition) is 3. The summed E-state index contributed by atoms with van der Waals surface area (Å²) in [6, 6.07) is 1.98. The van der Waals surface area contributed by atoms with Crippen molar-refractivity contribution in [2.45, 2.75) is 0 Å². The van der Waals surface area contributed by atoms with Gasteiger partial charge in [0.1, 0.15) is 7.11 Å². The highest BCUT2D eigenvalue weighted by Gasteiger charge is 1.83. The highest BCUT2D eigenvalue weighted by atomic mass is 32.1. The minimum absolute atomic E-state index is 1.09. The number of oxime groups is 1. The lowest BCUT2D eigenvalue weighted by Gasteiger charge is -1.81. The van der Waals surface area contributed by atoms with Gasteiger partial charge in [-0.25, -0.2) is 0 Å². The summed E-state index contributed by atoms with van der Waals surface area (Å²) in [5.41, 5.74) is 1.09. The molecule has 0 radical (unpaired) electrons. The zero-order valence-electron chi connectivity index (χ0n) is 5.07. The van der Waals surface area contributed by atoms with E-state index >= 15 is 0 Å². The Morgan fingerprint density at radius 3 is 3.22 bits per heavy atom. The maximum atomic E-state index is 4.49. The highest BCUT2D eigenvalue weighted by Crippen LogP contribution is 2.01. The molecule has 0 N–H and O–H groups in total. The molecule has 0 aliphatic carbocycles. The van der Waals surface area contributed by atoms with Gasteiger partial charge in [0.25, 0.3) is 0 Å². The van der Waals surface area contributed by atoms with Crippen LogP contribution in [0.1, 0.15) is 5.56 Å². The van der Waals surface area contributed by atoms with E-state index in [4.69, 9.17) is 0 Å². The van der Waals surface area contributed by atoms with Gasteiger partial charge in [0.05, 0.1) is 6.21 Å². The fraction of sp³-hybridized carbons (Fsp3) is 0.167. The normalized spacial score (nSPS) is 10.3. The van der Waals surface area contributed by atoms with E-state index in [-0.39, 0.29) is 0 Å².